The normalized spacial score (nSPS) is 21.7. The molecule has 228 valence electrons. The summed E-state index contributed by atoms with van der Waals surface area (Å²) in [6.45, 7) is 6.06. The van der Waals surface area contributed by atoms with Crippen molar-refractivity contribution in [2.45, 2.75) is 103 Å². The first-order chi connectivity index (χ1) is 21.0. The van der Waals surface area contributed by atoms with Crippen LogP contribution in [0.15, 0.2) is 79.4 Å². The van der Waals surface area contributed by atoms with Crippen LogP contribution >= 0.6 is 0 Å². The van der Waals surface area contributed by atoms with Gasteiger partial charge in [0.15, 0.2) is 11.6 Å². The van der Waals surface area contributed by atoms with Gasteiger partial charge in [-0.2, -0.15) is 5.26 Å². The van der Waals surface area contributed by atoms with Gasteiger partial charge in [0.05, 0.1) is 11.6 Å². The molecule has 2 fully saturated rings. The molecule has 2 saturated carbocycles. The molecule has 5 rings (SSSR count). The van der Waals surface area contributed by atoms with E-state index in [0.717, 1.165) is 42.6 Å². The van der Waals surface area contributed by atoms with E-state index >= 15 is 0 Å². The van der Waals surface area contributed by atoms with E-state index in [1.807, 2.05) is 30.3 Å². The Balaban J connectivity index is 0.000000203. The molecule has 0 heterocycles. The highest BCUT2D eigenvalue weighted by atomic mass is 19.2. The highest BCUT2D eigenvalue weighted by Crippen LogP contribution is 2.44. The Morgan fingerprint density at radius 3 is 1.93 bits per heavy atom. The monoisotopic (exact) mass is 581 g/mol. The van der Waals surface area contributed by atoms with E-state index in [1.165, 1.54) is 99.5 Å². The molecular weight excluding hydrogens is 532 g/mol. The first-order valence-electron chi connectivity index (χ1n) is 16.7. The number of unbranched alkanes of at least 4 members (excludes halogenated alkanes) is 2. The third-order valence-corrected chi connectivity index (χ3v) is 9.89. The van der Waals surface area contributed by atoms with E-state index in [0.29, 0.717) is 11.5 Å². The first kappa shape index (κ1) is 32.7. The molecule has 0 unspecified atom stereocenters. The van der Waals surface area contributed by atoms with Crippen molar-refractivity contribution in [3.8, 4) is 17.2 Å². The summed E-state index contributed by atoms with van der Waals surface area (Å²) in [4.78, 5) is 0. The Kier molecular flexibility index (Phi) is 13.0. The summed E-state index contributed by atoms with van der Waals surface area (Å²) in [6.07, 6.45) is 19.9. The molecule has 0 amide bonds. The number of allylic oxidation sites excluding steroid dienone is 1. The molecule has 0 bridgehead atoms. The molecule has 0 saturated heterocycles. The Bertz CT molecular complexity index is 1290. The Hall–Kier alpha value is -3.25. The topological polar surface area (TPSA) is 23.8 Å². The minimum absolute atomic E-state index is 0.417. The van der Waals surface area contributed by atoms with Crippen molar-refractivity contribution in [2.75, 3.05) is 0 Å². The zero-order valence-corrected chi connectivity index (χ0v) is 26.0. The van der Waals surface area contributed by atoms with Crippen molar-refractivity contribution in [1.29, 1.82) is 5.26 Å². The maximum atomic E-state index is 13.4. The summed E-state index contributed by atoms with van der Waals surface area (Å²) in [5.41, 5.74) is 5.48. The zero-order chi connectivity index (χ0) is 30.4. The van der Waals surface area contributed by atoms with Gasteiger partial charge in [-0.05, 0) is 134 Å². The van der Waals surface area contributed by atoms with Crippen LogP contribution in [0.3, 0.4) is 0 Å². The van der Waals surface area contributed by atoms with Gasteiger partial charge in [-0.25, -0.2) is 8.78 Å². The van der Waals surface area contributed by atoms with Crippen LogP contribution in [0, 0.1) is 40.7 Å². The number of aryl methyl sites for hydroxylation is 1. The summed E-state index contributed by atoms with van der Waals surface area (Å²) in [7, 11) is 0. The fourth-order valence-corrected chi connectivity index (χ4v) is 7.17. The average Bonchev–Trinajstić information content (AvgIpc) is 3.06. The lowest BCUT2D eigenvalue weighted by Crippen LogP contribution is -2.25. The number of hydrogen-bond acceptors (Lipinski definition) is 1. The fourth-order valence-electron chi connectivity index (χ4n) is 7.17. The molecule has 3 aromatic rings. The van der Waals surface area contributed by atoms with Crippen molar-refractivity contribution >= 4 is 0 Å². The Morgan fingerprint density at radius 1 is 0.767 bits per heavy atom. The molecular formula is C40H49F2N. The van der Waals surface area contributed by atoms with Crippen LogP contribution in [0.1, 0.15) is 113 Å². The third-order valence-electron chi connectivity index (χ3n) is 9.89. The summed E-state index contributed by atoms with van der Waals surface area (Å²) >= 11 is 0. The van der Waals surface area contributed by atoms with E-state index in [4.69, 9.17) is 5.26 Å². The second kappa shape index (κ2) is 17.1. The van der Waals surface area contributed by atoms with E-state index in [9.17, 15) is 8.78 Å². The first-order valence-corrected chi connectivity index (χ1v) is 16.7. The maximum absolute atomic E-state index is 13.4. The van der Waals surface area contributed by atoms with Crippen LogP contribution in [0.5, 0.6) is 0 Å². The highest BCUT2D eigenvalue weighted by molar-refractivity contribution is 5.64. The fraction of sp³-hybridized carbons (Fsp3) is 0.475. The lowest BCUT2D eigenvalue weighted by atomic mass is 9.68. The van der Waals surface area contributed by atoms with Gasteiger partial charge in [-0.15, -0.1) is 6.58 Å². The van der Waals surface area contributed by atoms with Crippen LogP contribution in [0.25, 0.3) is 11.1 Å². The van der Waals surface area contributed by atoms with E-state index in [2.05, 4.69) is 43.8 Å². The minimum atomic E-state index is -0.736. The van der Waals surface area contributed by atoms with Gasteiger partial charge >= 0.3 is 0 Å². The van der Waals surface area contributed by atoms with Crippen molar-refractivity contribution in [2.24, 2.45) is 17.8 Å². The summed E-state index contributed by atoms with van der Waals surface area (Å²) < 4.78 is 26.5. The smallest absolute Gasteiger partial charge is 0.159 e. The van der Waals surface area contributed by atoms with E-state index in [1.54, 1.807) is 6.07 Å². The molecule has 43 heavy (non-hydrogen) atoms. The largest absolute Gasteiger partial charge is 0.204 e. The molecule has 0 aromatic heterocycles. The van der Waals surface area contributed by atoms with E-state index in [-0.39, 0.29) is 0 Å². The van der Waals surface area contributed by atoms with Crippen LogP contribution < -0.4 is 0 Å². The molecule has 0 spiro atoms. The Labute approximate surface area is 259 Å². The quantitative estimate of drug-likeness (QED) is 0.173. The number of nitrogens with zero attached hydrogens (tertiary/aromatic N) is 1. The summed E-state index contributed by atoms with van der Waals surface area (Å²) in [5.74, 6) is 1.65. The van der Waals surface area contributed by atoms with Gasteiger partial charge in [0.1, 0.15) is 0 Å². The lowest BCUT2D eigenvalue weighted by molar-refractivity contribution is 0.157. The molecule has 2 aliphatic rings. The van der Waals surface area contributed by atoms with Crippen molar-refractivity contribution in [3.63, 3.8) is 0 Å². The molecule has 1 nitrogen and oxygen atoms in total. The second-order valence-electron chi connectivity index (χ2n) is 12.8. The van der Waals surface area contributed by atoms with Gasteiger partial charge in [0, 0.05) is 0 Å². The summed E-state index contributed by atoms with van der Waals surface area (Å²) in [5, 5.41) is 8.79. The zero-order valence-electron chi connectivity index (χ0n) is 26.0. The molecule has 2 aliphatic carbocycles. The van der Waals surface area contributed by atoms with Crippen LogP contribution in [0.4, 0.5) is 8.78 Å². The molecule has 0 aliphatic heterocycles. The molecule has 3 heteroatoms. The van der Waals surface area contributed by atoms with Gasteiger partial charge in [-0.3, -0.25) is 0 Å². The number of nitriles is 1. The number of benzene rings is 3. The average molecular weight is 582 g/mol. The van der Waals surface area contributed by atoms with Gasteiger partial charge in [0.2, 0.25) is 0 Å². The number of hydrogen-bond donors (Lipinski definition) is 0. The van der Waals surface area contributed by atoms with Gasteiger partial charge < -0.3 is 0 Å². The van der Waals surface area contributed by atoms with Gasteiger partial charge in [-0.1, -0.05) is 81.1 Å². The lowest BCUT2D eigenvalue weighted by Gasteiger charge is -2.38. The molecule has 0 N–H and O–H groups in total. The minimum Gasteiger partial charge on any atom is -0.204 e. The highest BCUT2D eigenvalue weighted by Gasteiger charge is 2.31. The molecule has 0 atom stereocenters. The van der Waals surface area contributed by atoms with Crippen molar-refractivity contribution < 1.29 is 8.78 Å². The SMILES string of the molecule is C=CCCC1CCC(C2CCC(c3ccc(F)c(F)c3)CC2)CC1.CCCCCc1ccc(-c2ccc(C#N)cc2)cc1. The number of halogens is 2. The predicted octanol–water partition coefficient (Wildman–Crippen LogP) is 12.0. The van der Waals surface area contributed by atoms with Crippen LogP contribution in [-0.4, -0.2) is 0 Å². The van der Waals surface area contributed by atoms with Crippen LogP contribution in [0.2, 0.25) is 0 Å². The van der Waals surface area contributed by atoms with E-state index < -0.39 is 11.6 Å². The molecule has 3 aromatic carbocycles. The second-order valence-corrected chi connectivity index (χ2v) is 12.8. The van der Waals surface area contributed by atoms with Crippen molar-refractivity contribution in [1.82, 2.24) is 0 Å². The standard InChI is InChI=1S/C22H30F2.C18H19N/c1-2-3-4-16-5-7-17(8-6-16)18-9-11-19(12-10-18)20-13-14-21(23)22(24)15-20;1-2-3-4-5-15-6-10-17(11-7-15)18-12-8-16(14-19)9-13-18/h2,13-19H,1,3-12H2;6-13H,2-5H2,1H3. The van der Waals surface area contributed by atoms with Gasteiger partial charge in [0.25, 0.3) is 0 Å². The van der Waals surface area contributed by atoms with Crippen LogP contribution in [-0.2, 0) is 6.42 Å². The van der Waals surface area contributed by atoms with Crippen molar-refractivity contribution in [3.05, 3.63) is 108 Å². The number of rotatable bonds is 10. The third kappa shape index (κ3) is 9.89. The molecule has 0 radical (unpaired) electrons. The maximum Gasteiger partial charge on any atom is 0.159 e. The predicted molar refractivity (Wildman–Crippen MR) is 176 cm³/mol. The Morgan fingerprint density at radius 2 is 1.37 bits per heavy atom. The summed E-state index contributed by atoms with van der Waals surface area (Å²) in [6, 6.07) is 23.1.